The highest BCUT2D eigenvalue weighted by molar-refractivity contribution is 9.08. The summed E-state index contributed by atoms with van der Waals surface area (Å²) in [4.78, 5) is 0. The van der Waals surface area contributed by atoms with Gasteiger partial charge < -0.3 is 9.47 Å². The second-order valence-electron chi connectivity index (χ2n) is 4.37. The van der Waals surface area contributed by atoms with Gasteiger partial charge in [-0.1, -0.05) is 22.0 Å². The van der Waals surface area contributed by atoms with Crippen LogP contribution in [0.5, 0.6) is 11.5 Å². The fourth-order valence-corrected chi connectivity index (χ4v) is 2.66. The van der Waals surface area contributed by atoms with Gasteiger partial charge >= 0.3 is 0 Å². The minimum absolute atomic E-state index is 0.0175. The fourth-order valence-electron chi connectivity index (χ4n) is 1.41. The zero-order valence-electron chi connectivity index (χ0n) is 11.3. The fraction of sp³-hybridized carbons (Fsp3) is 0.538. The molecule has 0 N–H and O–H groups in total. The largest absolute Gasteiger partial charge is 0.497 e. The van der Waals surface area contributed by atoms with Crippen LogP contribution in [0.25, 0.3) is 0 Å². The first kappa shape index (κ1) is 16.3. The highest BCUT2D eigenvalue weighted by Crippen LogP contribution is 2.26. The third-order valence-corrected chi connectivity index (χ3v) is 5.54. The van der Waals surface area contributed by atoms with Gasteiger partial charge in [-0.05, 0) is 19.9 Å². The van der Waals surface area contributed by atoms with Crippen molar-refractivity contribution in [2.24, 2.45) is 0 Å². The number of rotatable bonds is 7. The number of halogens is 1. The molecule has 0 unspecified atom stereocenters. The van der Waals surface area contributed by atoms with E-state index in [0.717, 1.165) is 5.56 Å². The van der Waals surface area contributed by atoms with Gasteiger partial charge in [-0.3, -0.25) is 0 Å². The first-order chi connectivity index (χ1) is 8.90. The van der Waals surface area contributed by atoms with Gasteiger partial charge in [0.25, 0.3) is 0 Å². The molecule has 4 nitrogen and oxygen atoms in total. The molecule has 0 aromatic heterocycles. The summed E-state index contributed by atoms with van der Waals surface area (Å²) in [6, 6.07) is 5.49. The maximum Gasteiger partial charge on any atom is 0.155 e. The summed E-state index contributed by atoms with van der Waals surface area (Å²) in [6.07, 6.45) is 0. The molecule has 6 heteroatoms. The molecule has 0 spiro atoms. The van der Waals surface area contributed by atoms with Crippen molar-refractivity contribution in [3.05, 3.63) is 23.8 Å². The van der Waals surface area contributed by atoms with Crippen LogP contribution in [0.2, 0.25) is 0 Å². The molecule has 0 aliphatic heterocycles. The summed E-state index contributed by atoms with van der Waals surface area (Å²) >= 11 is 3.37. The van der Waals surface area contributed by atoms with Crippen molar-refractivity contribution >= 4 is 25.8 Å². The van der Waals surface area contributed by atoms with Crippen molar-refractivity contribution in [3.63, 3.8) is 0 Å². The summed E-state index contributed by atoms with van der Waals surface area (Å²) < 4.78 is 34.1. The number of hydrogen-bond donors (Lipinski definition) is 0. The van der Waals surface area contributed by atoms with Gasteiger partial charge in [0.15, 0.2) is 9.84 Å². The molecular formula is C13H19BrO4S. The summed E-state index contributed by atoms with van der Waals surface area (Å²) in [5.74, 6) is 1.35. The second kappa shape index (κ2) is 7.14. The smallest absolute Gasteiger partial charge is 0.155 e. The van der Waals surface area contributed by atoms with E-state index < -0.39 is 9.84 Å². The quantitative estimate of drug-likeness (QED) is 0.709. The average molecular weight is 351 g/mol. The van der Waals surface area contributed by atoms with Crippen LogP contribution in [0.1, 0.15) is 19.4 Å². The van der Waals surface area contributed by atoms with Crippen molar-refractivity contribution < 1.29 is 17.9 Å². The molecule has 0 radical (unpaired) electrons. The van der Waals surface area contributed by atoms with E-state index >= 15 is 0 Å². The van der Waals surface area contributed by atoms with E-state index in [9.17, 15) is 8.42 Å². The van der Waals surface area contributed by atoms with Crippen LogP contribution in [0, 0.1) is 0 Å². The lowest BCUT2D eigenvalue weighted by Crippen LogP contribution is -2.22. The third-order valence-electron chi connectivity index (χ3n) is 2.76. The minimum atomic E-state index is -3.07. The maximum atomic E-state index is 11.7. The Labute approximate surface area is 123 Å². The van der Waals surface area contributed by atoms with Crippen LogP contribution < -0.4 is 9.47 Å². The van der Waals surface area contributed by atoms with Gasteiger partial charge in [-0.25, -0.2) is 8.42 Å². The van der Waals surface area contributed by atoms with Crippen molar-refractivity contribution in [1.29, 1.82) is 0 Å². The van der Waals surface area contributed by atoms with E-state index in [0.29, 0.717) is 16.8 Å². The molecule has 0 saturated carbocycles. The van der Waals surface area contributed by atoms with Crippen LogP contribution in [-0.2, 0) is 15.2 Å². The summed E-state index contributed by atoms with van der Waals surface area (Å²) in [6.45, 7) is 3.49. The molecule has 0 bridgehead atoms. The molecule has 1 rings (SSSR count). The van der Waals surface area contributed by atoms with Gasteiger partial charge in [0.05, 0.1) is 18.1 Å². The first-order valence-corrected chi connectivity index (χ1v) is 8.81. The van der Waals surface area contributed by atoms with Gasteiger partial charge in [-0.2, -0.15) is 0 Å². The molecular weight excluding hydrogens is 332 g/mol. The molecule has 0 heterocycles. The van der Waals surface area contributed by atoms with E-state index in [1.54, 1.807) is 27.0 Å². The Balaban J connectivity index is 2.72. The standard InChI is InChI=1S/C13H19BrO4S/c1-10(2)19(15,16)7-6-18-13-8-12(17-3)5-4-11(13)9-14/h4-5,8,10H,6-7,9H2,1-3H3. The first-order valence-electron chi connectivity index (χ1n) is 5.98. The minimum Gasteiger partial charge on any atom is -0.497 e. The monoisotopic (exact) mass is 350 g/mol. The number of ether oxygens (including phenoxy) is 2. The van der Waals surface area contributed by atoms with Gasteiger partial charge in [-0.15, -0.1) is 0 Å². The summed E-state index contributed by atoms with van der Waals surface area (Å²) in [7, 11) is -1.49. The molecule has 0 aliphatic carbocycles. The molecule has 0 amide bonds. The maximum absolute atomic E-state index is 11.7. The predicted molar refractivity (Wildman–Crippen MR) is 80.0 cm³/mol. The summed E-state index contributed by atoms with van der Waals surface area (Å²) in [5.41, 5.74) is 0.961. The number of methoxy groups -OCH3 is 1. The van der Waals surface area contributed by atoms with E-state index in [4.69, 9.17) is 9.47 Å². The average Bonchev–Trinajstić information content (AvgIpc) is 2.38. The molecule has 1 aromatic rings. The van der Waals surface area contributed by atoms with Crippen LogP contribution in [0.4, 0.5) is 0 Å². The van der Waals surface area contributed by atoms with Crippen molar-refractivity contribution in [2.45, 2.75) is 24.4 Å². The molecule has 0 saturated heterocycles. The zero-order chi connectivity index (χ0) is 14.5. The molecule has 0 fully saturated rings. The van der Waals surface area contributed by atoms with Crippen LogP contribution >= 0.6 is 15.9 Å². The van der Waals surface area contributed by atoms with Crippen molar-refractivity contribution in [1.82, 2.24) is 0 Å². The Morgan fingerprint density at radius 2 is 2.00 bits per heavy atom. The normalized spacial score (nSPS) is 11.6. The van der Waals surface area contributed by atoms with Gasteiger partial charge in [0, 0.05) is 17.0 Å². The third kappa shape index (κ3) is 4.69. The van der Waals surface area contributed by atoms with E-state index in [-0.39, 0.29) is 17.6 Å². The Bertz CT molecular complexity index is 511. The second-order valence-corrected chi connectivity index (χ2v) is 7.61. The van der Waals surface area contributed by atoms with Gasteiger partial charge in [0.2, 0.25) is 0 Å². The Morgan fingerprint density at radius 1 is 1.32 bits per heavy atom. The highest BCUT2D eigenvalue weighted by atomic mass is 79.9. The number of sulfone groups is 1. The zero-order valence-corrected chi connectivity index (χ0v) is 13.8. The van der Waals surface area contributed by atoms with Crippen LogP contribution in [0.15, 0.2) is 18.2 Å². The molecule has 19 heavy (non-hydrogen) atoms. The molecule has 0 aliphatic rings. The van der Waals surface area contributed by atoms with E-state index in [1.165, 1.54) is 0 Å². The SMILES string of the molecule is COc1ccc(CBr)c(OCCS(=O)(=O)C(C)C)c1. The van der Waals surface area contributed by atoms with E-state index in [1.807, 2.05) is 12.1 Å². The van der Waals surface area contributed by atoms with Crippen molar-refractivity contribution in [2.75, 3.05) is 19.5 Å². The lowest BCUT2D eigenvalue weighted by molar-refractivity contribution is 0.334. The lowest BCUT2D eigenvalue weighted by atomic mass is 10.2. The molecule has 0 atom stereocenters. The number of hydrogen-bond acceptors (Lipinski definition) is 4. The molecule has 108 valence electrons. The Hall–Kier alpha value is -0.750. The van der Waals surface area contributed by atoms with Crippen molar-refractivity contribution in [3.8, 4) is 11.5 Å². The Morgan fingerprint density at radius 3 is 2.53 bits per heavy atom. The van der Waals surface area contributed by atoms with Gasteiger partial charge in [0.1, 0.15) is 18.1 Å². The summed E-state index contributed by atoms with van der Waals surface area (Å²) in [5, 5.41) is 0.264. The highest BCUT2D eigenvalue weighted by Gasteiger charge is 2.16. The number of alkyl halides is 1. The van der Waals surface area contributed by atoms with Crippen LogP contribution in [0.3, 0.4) is 0 Å². The number of benzene rings is 1. The van der Waals surface area contributed by atoms with Crippen LogP contribution in [-0.4, -0.2) is 33.1 Å². The molecule has 1 aromatic carbocycles. The topological polar surface area (TPSA) is 52.6 Å². The predicted octanol–water partition coefficient (Wildman–Crippen LogP) is 2.79. The Kier molecular flexibility index (Phi) is 6.13. The van der Waals surface area contributed by atoms with E-state index in [2.05, 4.69) is 15.9 Å². The lowest BCUT2D eigenvalue weighted by Gasteiger charge is -2.13.